The third-order valence-corrected chi connectivity index (χ3v) is 16.2. The van der Waals surface area contributed by atoms with Gasteiger partial charge >= 0.3 is 0 Å². The van der Waals surface area contributed by atoms with Crippen molar-refractivity contribution in [1.82, 2.24) is 23.7 Å². The van der Waals surface area contributed by atoms with Crippen LogP contribution in [0.15, 0.2) is 83.9 Å². The number of fused-ring (bicyclic) bond motifs is 2. The molecule has 0 atom stereocenters. The third-order valence-electron chi connectivity index (χ3n) is 11.0. The number of anilines is 6. The molecule has 0 aliphatic heterocycles. The summed E-state index contributed by atoms with van der Waals surface area (Å²) in [5, 5.41) is 24.2. The quantitative estimate of drug-likeness (QED) is 0.0213. The highest BCUT2D eigenvalue weighted by molar-refractivity contribution is 8.00. The van der Waals surface area contributed by atoms with E-state index in [2.05, 4.69) is 49.8 Å². The van der Waals surface area contributed by atoms with Crippen LogP contribution in [0.1, 0.15) is 27.7 Å². The van der Waals surface area contributed by atoms with Gasteiger partial charge in [-0.3, -0.25) is 13.7 Å². The van der Waals surface area contributed by atoms with Crippen molar-refractivity contribution in [3.8, 4) is 23.0 Å². The lowest BCUT2D eigenvalue weighted by molar-refractivity contribution is 0.398. The predicted octanol–water partition coefficient (Wildman–Crippen LogP) is 9.61. The molecule has 5 N–H and O–H groups in total. The molecule has 4 aromatic carbocycles. The summed E-state index contributed by atoms with van der Waals surface area (Å²) in [6, 6.07) is 12.3. The van der Waals surface area contributed by atoms with Crippen molar-refractivity contribution >= 4 is 143 Å². The van der Waals surface area contributed by atoms with Crippen molar-refractivity contribution in [3.63, 3.8) is 0 Å². The van der Waals surface area contributed by atoms with E-state index >= 15 is 0 Å². The molecule has 3 heterocycles. The smallest absolute Gasteiger partial charge is 0.299 e. The van der Waals surface area contributed by atoms with Crippen molar-refractivity contribution in [2.45, 2.75) is 42.6 Å². The van der Waals surface area contributed by atoms with Gasteiger partial charge in [0, 0.05) is 44.1 Å². The number of methoxy groups -OCH3 is 4. The van der Waals surface area contributed by atoms with E-state index in [1.807, 2.05) is 37.5 Å². The Bertz CT molecular complexity index is 3450. The Morgan fingerprint density at radius 1 is 0.573 bits per heavy atom. The fourth-order valence-corrected chi connectivity index (χ4v) is 12.5. The van der Waals surface area contributed by atoms with E-state index in [1.165, 1.54) is 52.7 Å². The maximum absolute atomic E-state index is 12.7. The van der Waals surface area contributed by atoms with E-state index < -0.39 is 45.9 Å². The minimum absolute atomic E-state index is 0.00871. The summed E-state index contributed by atoms with van der Waals surface area (Å²) in [6.07, 6.45) is 0. The van der Waals surface area contributed by atoms with Crippen molar-refractivity contribution < 1.29 is 57.9 Å². The Balaban J connectivity index is 1.39. The number of thioether (sulfide) groups is 1. The molecular weight excluding hydrogens is 1100 g/mol. The van der Waals surface area contributed by atoms with Gasteiger partial charge in [-0.1, -0.05) is 11.8 Å². The number of aromatic nitrogens is 5. The molecule has 0 saturated carbocycles. The molecule has 0 unspecified atom stereocenters. The lowest BCUT2D eigenvalue weighted by Crippen LogP contribution is -2.22. The average molecular weight is 1150 g/mol. The van der Waals surface area contributed by atoms with Crippen LogP contribution in [0.25, 0.3) is 21.8 Å². The number of azo groups is 2. The maximum Gasteiger partial charge on any atom is 0.299 e. The number of nitrogens with zero attached hydrogens (tertiary/aromatic N) is 11. The van der Waals surface area contributed by atoms with Gasteiger partial charge in [0.1, 0.15) is 44.2 Å². The monoisotopic (exact) mass is 1150 g/mol. The van der Waals surface area contributed by atoms with Crippen LogP contribution in [0.5, 0.6) is 23.0 Å². The van der Waals surface area contributed by atoms with Crippen LogP contribution in [0, 0.1) is 0 Å². The Morgan fingerprint density at radius 3 is 1.32 bits per heavy atom. The van der Waals surface area contributed by atoms with Crippen LogP contribution >= 0.6 is 34.8 Å². The zero-order valence-electron chi connectivity index (χ0n) is 41.2. The number of ether oxygens (including phenoxy) is 4. The van der Waals surface area contributed by atoms with Gasteiger partial charge in [0.2, 0.25) is 11.9 Å². The molecule has 0 fully saturated rings. The van der Waals surface area contributed by atoms with E-state index in [0.29, 0.717) is 49.1 Å². The molecule has 0 bridgehead atoms. The van der Waals surface area contributed by atoms with Crippen LogP contribution in [-0.4, -0.2) is 129 Å². The molecule has 0 saturated heterocycles. The standard InChI is InChI=1S/C43H49N13O13S6/c1-9-55(10-2)29-19-25(27(21-33(29)68-7)49-51-39-35-23(53-71-39)13-15-31(66-5)37(35)74(60,61)62)44-41-46-42(48-43(47-41)70-17-18-73(57,58)59)45-26-20-30(56(11-3)12-4)34(69-8)22-28(26)50-52-40-36-24(54-72-40)14-16-32(67-6)38(36)75(63,64)65/h13-16,19-22H,9-12,17-18H2,1-8H3,(H,57,58,59)(H,60,61,62)(H,63,64,65)(H2,44,45,46,47,48). The molecule has 0 amide bonds. The van der Waals surface area contributed by atoms with Crippen LogP contribution in [0.4, 0.5) is 56.0 Å². The van der Waals surface area contributed by atoms with Gasteiger partial charge in [-0.2, -0.15) is 49.0 Å². The molecule has 7 aromatic rings. The summed E-state index contributed by atoms with van der Waals surface area (Å²) in [5.41, 5.74) is 2.39. The summed E-state index contributed by atoms with van der Waals surface area (Å²) in [4.78, 5) is 16.8. The van der Waals surface area contributed by atoms with Gasteiger partial charge < -0.3 is 39.4 Å². The number of rotatable bonds is 24. The summed E-state index contributed by atoms with van der Waals surface area (Å²) < 4.78 is 135. The second-order valence-corrected chi connectivity index (χ2v) is 22.2. The predicted molar refractivity (Wildman–Crippen MR) is 287 cm³/mol. The normalized spacial score (nSPS) is 12.3. The summed E-state index contributed by atoms with van der Waals surface area (Å²) >= 11 is 2.53. The maximum atomic E-state index is 12.7. The molecule has 32 heteroatoms. The molecule has 400 valence electrons. The van der Waals surface area contributed by atoms with Crippen molar-refractivity contribution in [1.29, 1.82) is 0 Å². The van der Waals surface area contributed by atoms with Gasteiger partial charge in [-0.05, 0) is 87.2 Å². The van der Waals surface area contributed by atoms with Crippen LogP contribution in [0.2, 0.25) is 0 Å². The first-order valence-electron chi connectivity index (χ1n) is 22.2. The number of benzene rings is 4. The topological polar surface area (TPSA) is 344 Å². The molecule has 3 aromatic heterocycles. The van der Waals surface area contributed by atoms with E-state index in [0.717, 1.165) is 34.8 Å². The second kappa shape index (κ2) is 23.5. The Labute approximate surface area is 443 Å². The largest absolute Gasteiger partial charge is 0.495 e. The van der Waals surface area contributed by atoms with Gasteiger partial charge in [0.05, 0.1) is 78.7 Å². The van der Waals surface area contributed by atoms with Crippen molar-refractivity contribution in [2.24, 2.45) is 20.5 Å². The minimum atomic E-state index is -4.85. The van der Waals surface area contributed by atoms with Gasteiger partial charge in [0.25, 0.3) is 30.4 Å². The molecule has 7 rings (SSSR count). The number of nitrogens with one attached hydrogen (secondary N) is 2. The molecular formula is C43H49N13O13S6. The molecule has 75 heavy (non-hydrogen) atoms. The lowest BCUT2D eigenvalue weighted by atomic mass is 10.2. The highest BCUT2D eigenvalue weighted by atomic mass is 32.2. The first-order valence-corrected chi connectivity index (χ1v) is 29.2. The molecule has 26 nitrogen and oxygen atoms in total. The fraction of sp³-hybridized carbons (Fsp3) is 0.326. The molecule has 0 aliphatic carbocycles. The highest BCUT2D eigenvalue weighted by Gasteiger charge is 2.27. The molecule has 0 aliphatic rings. The van der Waals surface area contributed by atoms with Crippen molar-refractivity contribution in [2.75, 3.05) is 86.6 Å². The average Bonchev–Trinajstić information content (AvgIpc) is 3.98. The zero-order valence-corrected chi connectivity index (χ0v) is 46.1. The van der Waals surface area contributed by atoms with Crippen LogP contribution in [-0.2, 0) is 30.4 Å². The van der Waals surface area contributed by atoms with Gasteiger partial charge in [-0.15, -0.1) is 20.5 Å². The van der Waals surface area contributed by atoms with Gasteiger partial charge in [-0.25, -0.2) is 0 Å². The summed E-state index contributed by atoms with van der Waals surface area (Å²) in [6.45, 7) is 10.0. The third kappa shape index (κ3) is 12.7. The van der Waals surface area contributed by atoms with Crippen molar-refractivity contribution in [3.05, 3.63) is 48.5 Å². The first-order chi connectivity index (χ1) is 35.7. The van der Waals surface area contributed by atoms with E-state index in [1.54, 1.807) is 24.3 Å². The Morgan fingerprint density at radius 2 is 0.973 bits per heavy atom. The fourth-order valence-electron chi connectivity index (χ4n) is 7.56. The van der Waals surface area contributed by atoms with Gasteiger partial charge in [0.15, 0.2) is 15.2 Å². The minimum Gasteiger partial charge on any atom is -0.495 e. The Kier molecular flexibility index (Phi) is 17.6. The molecule has 0 spiro atoms. The Hall–Kier alpha value is -6.65. The summed E-state index contributed by atoms with van der Waals surface area (Å²) in [7, 11) is -8.65. The summed E-state index contributed by atoms with van der Waals surface area (Å²) in [5.74, 6) is -0.557. The van der Waals surface area contributed by atoms with E-state index in [-0.39, 0.29) is 88.9 Å². The highest BCUT2D eigenvalue weighted by Crippen LogP contribution is 2.46. The van der Waals surface area contributed by atoms with E-state index in [9.17, 15) is 38.9 Å². The second-order valence-electron chi connectivity index (χ2n) is 15.4. The van der Waals surface area contributed by atoms with Crippen LogP contribution < -0.4 is 39.4 Å². The molecule has 0 radical (unpaired) electrons. The SMILES string of the molecule is CCN(CC)c1cc(Nc2nc(Nc3cc(N(CC)CC)c(OC)cc3N=Nc3snc4ccc(OC)c(S(=O)(=O)O)c34)nc(SCCS(=O)(=O)O)n2)c(N=Nc2snc3ccc(OC)c(S(=O)(=O)O)c23)cc1OC. The zero-order chi connectivity index (χ0) is 54.4. The van der Waals surface area contributed by atoms with E-state index in [4.69, 9.17) is 23.9 Å². The van der Waals surface area contributed by atoms with Crippen LogP contribution in [0.3, 0.4) is 0 Å². The number of hydrogen-bond acceptors (Lipinski definition) is 26. The first kappa shape index (κ1) is 56.1. The number of hydrogen-bond donors (Lipinski definition) is 5. The lowest BCUT2D eigenvalue weighted by Gasteiger charge is -2.25.